The summed E-state index contributed by atoms with van der Waals surface area (Å²) in [6.07, 6.45) is -0.0316. The van der Waals surface area contributed by atoms with E-state index >= 15 is 0 Å². The molecule has 3 atom stereocenters. The Balaban J connectivity index is 1.85. The predicted octanol–water partition coefficient (Wildman–Crippen LogP) is 2.35. The van der Waals surface area contributed by atoms with E-state index in [1.165, 1.54) is 31.2 Å². The molecule has 0 saturated heterocycles. The molecule has 1 aliphatic carbocycles. The first kappa shape index (κ1) is 13.5. The summed E-state index contributed by atoms with van der Waals surface area (Å²) < 4.78 is 17.8. The maximum Gasteiger partial charge on any atom is 0.309 e. The van der Waals surface area contributed by atoms with Gasteiger partial charge in [-0.3, -0.25) is 9.59 Å². The van der Waals surface area contributed by atoms with Gasteiger partial charge in [0.05, 0.1) is 5.92 Å². The number of carbonyl (C=O) groups is 2. The second-order valence-electron chi connectivity index (χ2n) is 4.89. The number of anilines is 1. The van der Waals surface area contributed by atoms with Gasteiger partial charge in [-0.1, -0.05) is 6.92 Å². The van der Waals surface area contributed by atoms with Gasteiger partial charge in [0.2, 0.25) is 0 Å². The smallest absolute Gasteiger partial charge is 0.309 e. The van der Waals surface area contributed by atoms with Crippen molar-refractivity contribution in [1.29, 1.82) is 0 Å². The third-order valence-corrected chi connectivity index (χ3v) is 3.19. The molecule has 1 aromatic carbocycles. The topological polar surface area (TPSA) is 55.4 Å². The first-order chi connectivity index (χ1) is 8.97. The minimum absolute atomic E-state index is 0.0685. The Kier molecular flexibility index (Phi) is 3.83. The molecule has 1 aliphatic rings. The molecule has 5 heteroatoms. The number of ether oxygens (including phenoxy) is 1. The Hall–Kier alpha value is -1.91. The molecule has 0 aromatic heterocycles. The lowest BCUT2D eigenvalue weighted by molar-refractivity contribution is -0.154. The Labute approximate surface area is 110 Å². The highest BCUT2D eigenvalue weighted by atomic mass is 19.1. The summed E-state index contributed by atoms with van der Waals surface area (Å²) in [6, 6.07) is 5.39. The standard InChI is InChI=1S/C14H16FNO3/c1-8-7-12(8)14(18)19-9(2)13(17)16-11-5-3-10(15)4-6-11/h3-6,8-9,12H,7H2,1-2H3,(H,16,17)/t8-,9-,12+/m0/s1. The highest BCUT2D eigenvalue weighted by Crippen LogP contribution is 2.38. The average Bonchev–Trinajstić information content (AvgIpc) is 3.09. The Morgan fingerprint density at radius 2 is 1.95 bits per heavy atom. The minimum atomic E-state index is -0.856. The zero-order valence-corrected chi connectivity index (χ0v) is 10.9. The van der Waals surface area contributed by atoms with Gasteiger partial charge in [-0.25, -0.2) is 4.39 Å². The monoisotopic (exact) mass is 265 g/mol. The van der Waals surface area contributed by atoms with Crippen LogP contribution in [0.5, 0.6) is 0 Å². The van der Waals surface area contributed by atoms with Gasteiger partial charge in [-0.15, -0.1) is 0 Å². The van der Waals surface area contributed by atoms with Gasteiger partial charge in [0.25, 0.3) is 5.91 Å². The van der Waals surface area contributed by atoms with Crippen LogP contribution in [0.4, 0.5) is 10.1 Å². The van der Waals surface area contributed by atoms with Crippen molar-refractivity contribution in [3.63, 3.8) is 0 Å². The molecular weight excluding hydrogens is 249 g/mol. The molecule has 1 saturated carbocycles. The van der Waals surface area contributed by atoms with Crippen LogP contribution >= 0.6 is 0 Å². The summed E-state index contributed by atoms with van der Waals surface area (Å²) in [4.78, 5) is 23.4. The largest absolute Gasteiger partial charge is 0.452 e. The van der Waals surface area contributed by atoms with Gasteiger partial charge < -0.3 is 10.1 Å². The van der Waals surface area contributed by atoms with Gasteiger partial charge in [0.1, 0.15) is 5.82 Å². The molecule has 0 heterocycles. The third-order valence-electron chi connectivity index (χ3n) is 3.19. The van der Waals surface area contributed by atoms with E-state index in [9.17, 15) is 14.0 Å². The number of amides is 1. The van der Waals surface area contributed by atoms with Gasteiger partial charge >= 0.3 is 5.97 Å². The van der Waals surface area contributed by atoms with Crippen LogP contribution < -0.4 is 5.32 Å². The molecule has 0 radical (unpaired) electrons. The van der Waals surface area contributed by atoms with Gasteiger partial charge in [0.15, 0.2) is 6.10 Å². The van der Waals surface area contributed by atoms with Crippen molar-refractivity contribution < 1.29 is 18.7 Å². The normalized spacial score (nSPS) is 22.5. The third kappa shape index (κ3) is 3.53. The van der Waals surface area contributed by atoms with Crippen LogP contribution in [0.25, 0.3) is 0 Å². The first-order valence-electron chi connectivity index (χ1n) is 6.24. The molecule has 1 fully saturated rings. The van der Waals surface area contributed by atoms with E-state index in [1.54, 1.807) is 0 Å². The average molecular weight is 265 g/mol. The fraction of sp³-hybridized carbons (Fsp3) is 0.429. The number of benzene rings is 1. The maximum atomic E-state index is 12.7. The lowest BCUT2D eigenvalue weighted by Crippen LogP contribution is -2.30. The molecule has 1 aromatic rings. The van der Waals surface area contributed by atoms with Gasteiger partial charge in [-0.2, -0.15) is 0 Å². The number of nitrogens with one attached hydrogen (secondary N) is 1. The van der Waals surface area contributed by atoms with E-state index < -0.39 is 12.0 Å². The molecule has 0 unspecified atom stereocenters. The minimum Gasteiger partial charge on any atom is -0.452 e. The summed E-state index contributed by atoms with van der Waals surface area (Å²) >= 11 is 0. The lowest BCUT2D eigenvalue weighted by atomic mass is 10.3. The van der Waals surface area contributed by atoms with E-state index in [0.29, 0.717) is 11.6 Å². The SMILES string of the molecule is C[C@H](OC(=O)[C@@H]1C[C@@H]1C)C(=O)Nc1ccc(F)cc1. The van der Waals surface area contributed by atoms with Gasteiger partial charge in [-0.05, 0) is 43.5 Å². The summed E-state index contributed by atoms with van der Waals surface area (Å²) in [5.74, 6) is -0.844. The zero-order valence-electron chi connectivity index (χ0n) is 10.9. The molecular formula is C14H16FNO3. The van der Waals surface area contributed by atoms with E-state index in [1.807, 2.05) is 6.92 Å². The fourth-order valence-corrected chi connectivity index (χ4v) is 1.74. The second kappa shape index (κ2) is 5.38. The highest BCUT2D eigenvalue weighted by molar-refractivity contribution is 5.95. The Morgan fingerprint density at radius 1 is 1.37 bits per heavy atom. The van der Waals surface area contributed by atoms with E-state index in [0.717, 1.165) is 6.42 Å². The summed E-state index contributed by atoms with van der Waals surface area (Å²) in [7, 11) is 0. The molecule has 1 N–H and O–H groups in total. The second-order valence-corrected chi connectivity index (χ2v) is 4.89. The van der Waals surface area contributed by atoms with Crippen LogP contribution in [-0.4, -0.2) is 18.0 Å². The summed E-state index contributed by atoms with van der Waals surface area (Å²) in [6.45, 7) is 3.49. The number of halogens is 1. The molecule has 0 aliphatic heterocycles. The van der Waals surface area contributed by atoms with Crippen LogP contribution in [0.3, 0.4) is 0 Å². The van der Waals surface area contributed by atoms with Crippen LogP contribution in [0.15, 0.2) is 24.3 Å². The number of hydrogen-bond acceptors (Lipinski definition) is 3. The maximum absolute atomic E-state index is 12.7. The molecule has 2 rings (SSSR count). The van der Waals surface area contributed by atoms with Crippen molar-refractivity contribution in [2.45, 2.75) is 26.4 Å². The van der Waals surface area contributed by atoms with Crippen molar-refractivity contribution >= 4 is 17.6 Å². The van der Waals surface area contributed by atoms with Crippen molar-refractivity contribution in [3.05, 3.63) is 30.1 Å². The van der Waals surface area contributed by atoms with Crippen LogP contribution in [0.1, 0.15) is 20.3 Å². The van der Waals surface area contributed by atoms with Gasteiger partial charge in [0, 0.05) is 5.69 Å². The molecule has 4 nitrogen and oxygen atoms in total. The fourth-order valence-electron chi connectivity index (χ4n) is 1.74. The first-order valence-corrected chi connectivity index (χ1v) is 6.24. The molecule has 19 heavy (non-hydrogen) atoms. The lowest BCUT2D eigenvalue weighted by Gasteiger charge is -2.13. The van der Waals surface area contributed by atoms with Crippen LogP contribution in [0.2, 0.25) is 0 Å². The Morgan fingerprint density at radius 3 is 2.47 bits per heavy atom. The Bertz CT molecular complexity index is 486. The number of carbonyl (C=O) groups excluding carboxylic acids is 2. The van der Waals surface area contributed by atoms with E-state index in [-0.39, 0.29) is 17.7 Å². The highest BCUT2D eigenvalue weighted by Gasteiger charge is 2.41. The van der Waals surface area contributed by atoms with Crippen LogP contribution in [0, 0.1) is 17.7 Å². The number of rotatable bonds is 4. The zero-order chi connectivity index (χ0) is 14.0. The van der Waals surface area contributed by atoms with E-state index in [2.05, 4.69) is 5.32 Å². The number of esters is 1. The molecule has 0 spiro atoms. The molecule has 1 amide bonds. The van der Waals surface area contributed by atoms with Crippen molar-refractivity contribution in [2.24, 2.45) is 11.8 Å². The quantitative estimate of drug-likeness (QED) is 0.850. The molecule has 0 bridgehead atoms. The van der Waals surface area contributed by atoms with Crippen LogP contribution in [-0.2, 0) is 14.3 Å². The van der Waals surface area contributed by atoms with Crippen molar-refractivity contribution in [2.75, 3.05) is 5.32 Å². The summed E-state index contributed by atoms with van der Waals surface area (Å²) in [5.41, 5.74) is 0.467. The van der Waals surface area contributed by atoms with Crippen molar-refractivity contribution in [3.8, 4) is 0 Å². The van der Waals surface area contributed by atoms with E-state index in [4.69, 9.17) is 4.74 Å². The summed E-state index contributed by atoms with van der Waals surface area (Å²) in [5, 5.41) is 2.56. The number of hydrogen-bond donors (Lipinski definition) is 1. The molecule has 102 valence electrons. The predicted molar refractivity (Wildman–Crippen MR) is 67.9 cm³/mol. The van der Waals surface area contributed by atoms with Crippen molar-refractivity contribution in [1.82, 2.24) is 0 Å².